The molecule has 8 heteroatoms. The van der Waals surface area contributed by atoms with Crippen molar-refractivity contribution in [1.82, 2.24) is 4.98 Å². The van der Waals surface area contributed by atoms with E-state index in [1.54, 1.807) is 0 Å². The van der Waals surface area contributed by atoms with Gasteiger partial charge in [0.05, 0.1) is 21.3 Å². The van der Waals surface area contributed by atoms with Crippen LogP contribution in [0, 0.1) is 5.82 Å². The zero-order valence-corrected chi connectivity index (χ0v) is 12.9. The first-order chi connectivity index (χ1) is 9.38. The van der Waals surface area contributed by atoms with Crippen LogP contribution in [0.2, 0.25) is 10.0 Å². The van der Waals surface area contributed by atoms with Crippen molar-refractivity contribution in [1.29, 1.82) is 0 Å². The van der Waals surface area contributed by atoms with Crippen LogP contribution in [-0.4, -0.2) is 10.9 Å². The molecule has 0 aliphatic carbocycles. The van der Waals surface area contributed by atoms with E-state index < -0.39 is 11.7 Å². The van der Waals surface area contributed by atoms with Crippen LogP contribution >= 0.6 is 39.1 Å². The van der Waals surface area contributed by atoms with Gasteiger partial charge in [0.25, 0.3) is 5.91 Å². The molecule has 1 aromatic carbocycles. The number of carbonyl (C=O) groups is 1. The van der Waals surface area contributed by atoms with E-state index in [0.29, 0.717) is 4.47 Å². The highest BCUT2D eigenvalue weighted by molar-refractivity contribution is 9.10. The molecule has 0 spiro atoms. The maximum absolute atomic E-state index is 13.1. The minimum absolute atomic E-state index is 0.00937. The van der Waals surface area contributed by atoms with Crippen LogP contribution in [0.1, 0.15) is 10.4 Å². The highest BCUT2D eigenvalue weighted by Crippen LogP contribution is 2.32. The van der Waals surface area contributed by atoms with E-state index in [4.69, 9.17) is 28.9 Å². The number of pyridine rings is 1. The van der Waals surface area contributed by atoms with Crippen molar-refractivity contribution in [3.63, 3.8) is 0 Å². The number of nitrogens with one attached hydrogen (secondary N) is 1. The van der Waals surface area contributed by atoms with Crippen LogP contribution in [0.3, 0.4) is 0 Å². The summed E-state index contributed by atoms with van der Waals surface area (Å²) in [6.07, 6.45) is 1.46. The molecule has 0 radical (unpaired) electrons. The largest absolute Gasteiger partial charge is 0.383 e. The number of nitrogen functional groups attached to an aromatic ring is 1. The summed E-state index contributed by atoms with van der Waals surface area (Å²) < 4.78 is 13.7. The number of aromatic nitrogens is 1. The maximum atomic E-state index is 13.1. The fraction of sp³-hybridized carbons (Fsp3) is 0. The molecular formula is C12H7BrCl2FN3O. The van der Waals surface area contributed by atoms with E-state index in [9.17, 15) is 9.18 Å². The first-order valence-corrected chi connectivity index (χ1v) is 6.80. The topological polar surface area (TPSA) is 68.0 Å². The van der Waals surface area contributed by atoms with Crippen molar-refractivity contribution >= 4 is 56.5 Å². The van der Waals surface area contributed by atoms with Gasteiger partial charge in [0, 0.05) is 10.7 Å². The van der Waals surface area contributed by atoms with E-state index in [1.165, 1.54) is 12.3 Å². The van der Waals surface area contributed by atoms with Gasteiger partial charge in [-0.3, -0.25) is 4.79 Å². The zero-order chi connectivity index (χ0) is 14.9. The Morgan fingerprint density at radius 1 is 1.30 bits per heavy atom. The molecule has 1 aromatic heterocycles. The molecule has 0 saturated carbocycles. The molecule has 0 aliphatic heterocycles. The average Bonchev–Trinajstić information content (AvgIpc) is 2.36. The Kier molecular flexibility index (Phi) is 4.47. The minimum Gasteiger partial charge on any atom is -0.383 e. The third kappa shape index (κ3) is 3.20. The SMILES string of the molecule is Nc1ncc(Br)cc1C(=O)Nc1c(Cl)cc(F)cc1Cl. The van der Waals surface area contributed by atoms with Crippen molar-refractivity contribution in [2.45, 2.75) is 0 Å². The second-order valence-corrected chi connectivity index (χ2v) is 5.51. The summed E-state index contributed by atoms with van der Waals surface area (Å²) in [6, 6.07) is 3.60. The molecule has 0 atom stereocenters. The summed E-state index contributed by atoms with van der Waals surface area (Å²) in [5, 5.41) is 2.46. The molecule has 0 unspecified atom stereocenters. The Bertz CT molecular complexity index is 673. The number of nitrogens with two attached hydrogens (primary N) is 1. The molecule has 3 N–H and O–H groups in total. The van der Waals surface area contributed by atoms with Crippen LogP contribution < -0.4 is 11.1 Å². The van der Waals surface area contributed by atoms with Gasteiger partial charge in [-0.15, -0.1) is 0 Å². The predicted octanol–water partition coefficient (Wildman–Crippen LogP) is 4.12. The van der Waals surface area contributed by atoms with Crippen molar-refractivity contribution in [3.05, 3.63) is 50.3 Å². The molecule has 20 heavy (non-hydrogen) atoms. The standard InChI is InChI=1S/C12H7BrCl2FN3O/c13-5-1-7(11(17)18-4-5)12(20)19-10-8(14)2-6(16)3-9(10)15/h1-4H,(H2,17,18)(H,19,20). The lowest BCUT2D eigenvalue weighted by Gasteiger charge is -2.10. The van der Waals surface area contributed by atoms with Crippen molar-refractivity contribution in [3.8, 4) is 0 Å². The van der Waals surface area contributed by atoms with Gasteiger partial charge >= 0.3 is 0 Å². The van der Waals surface area contributed by atoms with Crippen LogP contribution in [0.15, 0.2) is 28.9 Å². The van der Waals surface area contributed by atoms with Crippen molar-refractivity contribution in [2.75, 3.05) is 11.1 Å². The molecule has 1 amide bonds. The molecule has 4 nitrogen and oxygen atoms in total. The van der Waals surface area contributed by atoms with Gasteiger partial charge in [-0.2, -0.15) is 0 Å². The van der Waals surface area contributed by atoms with E-state index >= 15 is 0 Å². The summed E-state index contributed by atoms with van der Waals surface area (Å²) >= 11 is 14.9. The Morgan fingerprint density at radius 3 is 2.50 bits per heavy atom. The van der Waals surface area contributed by atoms with Gasteiger partial charge in [0.2, 0.25) is 0 Å². The third-order valence-electron chi connectivity index (χ3n) is 2.38. The van der Waals surface area contributed by atoms with Crippen molar-refractivity contribution < 1.29 is 9.18 Å². The number of hydrogen-bond acceptors (Lipinski definition) is 3. The number of halogens is 4. The first kappa shape index (κ1) is 15.0. The number of anilines is 2. The van der Waals surface area contributed by atoms with E-state index in [0.717, 1.165) is 12.1 Å². The lowest BCUT2D eigenvalue weighted by Crippen LogP contribution is -2.15. The second kappa shape index (κ2) is 5.95. The van der Waals surface area contributed by atoms with Crippen LogP contribution in [-0.2, 0) is 0 Å². The quantitative estimate of drug-likeness (QED) is 0.825. The molecule has 0 saturated heterocycles. The summed E-state index contributed by atoms with van der Waals surface area (Å²) in [7, 11) is 0. The summed E-state index contributed by atoms with van der Waals surface area (Å²) in [5.74, 6) is -1.09. The monoisotopic (exact) mass is 377 g/mol. The molecule has 0 fully saturated rings. The fourth-order valence-corrected chi connectivity index (χ4v) is 2.36. The van der Waals surface area contributed by atoms with Crippen LogP contribution in [0.4, 0.5) is 15.9 Å². The molecule has 104 valence electrons. The first-order valence-electron chi connectivity index (χ1n) is 5.25. The van der Waals surface area contributed by atoms with Gasteiger partial charge in [-0.25, -0.2) is 9.37 Å². The number of amides is 1. The van der Waals surface area contributed by atoms with Crippen LogP contribution in [0.25, 0.3) is 0 Å². The molecule has 2 aromatic rings. The Morgan fingerprint density at radius 2 is 1.90 bits per heavy atom. The highest BCUT2D eigenvalue weighted by atomic mass is 79.9. The predicted molar refractivity (Wildman–Crippen MR) is 80.7 cm³/mol. The summed E-state index contributed by atoms with van der Waals surface area (Å²) in [4.78, 5) is 16.0. The number of carbonyl (C=O) groups excluding carboxylic acids is 1. The molecule has 0 bridgehead atoms. The number of benzene rings is 1. The Labute approximate surface area is 132 Å². The average molecular weight is 379 g/mol. The number of hydrogen-bond donors (Lipinski definition) is 2. The van der Waals surface area contributed by atoms with Gasteiger partial charge in [-0.05, 0) is 34.1 Å². The van der Waals surface area contributed by atoms with E-state index in [2.05, 4.69) is 26.2 Å². The fourth-order valence-electron chi connectivity index (χ4n) is 1.47. The third-order valence-corrected chi connectivity index (χ3v) is 3.41. The molecular weight excluding hydrogens is 372 g/mol. The molecule has 1 heterocycles. The highest BCUT2D eigenvalue weighted by Gasteiger charge is 2.16. The van der Waals surface area contributed by atoms with Crippen molar-refractivity contribution in [2.24, 2.45) is 0 Å². The van der Waals surface area contributed by atoms with Crippen LogP contribution in [0.5, 0.6) is 0 Å². The van der Waals surface area contributed by atoms with Gasteiger partial charge in [0.1, 0.15) is 11.6 Å². The zero-order valence-electron chi connectivity index (χ0n) is 9.75. The summed E-state index contributed by atoms with van der Waals surface area (Å²) in [5.41, 5.74) is 5.88. The molecule has 2 rings (SSSR count). The maximum Gasteiger partial charge on any atom is 0.259 e. The normalized spacial score (nSPS) is 10.4. The lowest BCUT2D eigenvalue weighted by molar-refractivity contribution is 0.102. The Balaban J connectivity index is 2.35. The van der Waals surface area contributed by atoms with E-state index in [-0.39, 0.29) is 27.1 Å². The number of nitrogens with zero attached hydrogens (tertiary/aromatic N) is 1. The second-order valence-electron chi connectivity index (χ2n) is 3.78. The van der Waals surface area contributed by atoms with E-state index in [1.807, 2.05) is 0 Å². The van der Waals surface area contributed by atoms with Gasteiger partial charge in [-0.1, -0.05) is 23.2 Å². The number of rotatable bonds is 2. The smallest absolute Gasteiger partial charge is 0.259 e. The van der Waals surface area contributed by atoms with Gasteiger partial charge in [0.15, 0.2) is 0 Å². The summed E-state index contributed by atoms with van der Waals surface area (Å²) in [6.45, 7) is 0. The van der Waals surface area contributed by atoms with Gasteiger partial charge < -0.3 is 11.1 Å². The molecule has 0 aliphatic rings. The Hall–Kier alpha value is -1.37. The lowest BCUT2D eigenvalue weighted by atomic mass is 10.2. The minimum atomic E-state index is -0.596.